The quantitative estimate of drug-likeness (QED) is 0.347. The number of nitrogens with one attached hydrogen (secondary N) is 2. The molecule has 35 heavy (non-hydrogen) atoms. The summed E-state index contributed by atoms with van der Waals surface area (Å²) in [6.45, 7) is 0.778. The second-order valence-electron chi connectivity index (χ2n) is 8.48. The summed E-state index contributed by atoms with van der Waals surface area (Å²) in [5, 5.41) is 5.77. The SMILES string of the molecule is CN(C)Cc1ccc(C(=O)Nc2cc(-c3ccccc3)ccc2NC(=O)c2ccc([19F])cc2)cc1. The van der Waals surface area contributed by atoms with Gasteiger partial charge >= 0.3 is 0 Å². The molecule has 0 aliphatic carbocycles. The first-order valence-corrected chi connectivity index (χ1v) is 11.2. The molecule has 0 bridgehead atoms. The first-order chi connectivity index (χ1) is 16.9. The Morgan fingerprint density at radius 2 is 1.26 bits per heavy atom. The second-order valence-corrected chi connectivity index (χ2v) is 8.48. The van der Waals surface area contributed by atoms with Gasteiger partial charge in [0.1, 0.15) is 5.82 Å². The molecule has 6 heteroatoms. The summed E-state index contributed by atoms with van der Waals surface area (Å²) in [5.74, 6) is -1.11. The van der Waals surface area contributed by atoms with E-state index in [1.807, 2.05) is 68.7 Å². The van der Waals surface area contributed by atoms with Crippen LogP contribution in [0, 0.1) is 5.82 Å². The molecule has 0 fully saturated rings. The van der Waals surface area contributed by atoms with Gasteiger partial charge in [0.2, 0.25) is 0 Å². The number of amides is 2. The zero-order valence-corrected chi connectivity index (χ0v) is 19.6. The smallest absolute Gasteiger partial charge is 0.255 e. The fourth-order valence-corrected chi connectivity index (χ4v) is 3.68. The van der Waals surface area contributed by atoms with Gasteiger partial charge in [-0.3, -0.25) is 9.59 Å². The summed E-state index contributed by atoms with van der Waals surface area (Å²) in [6, 6.07) is 27.9. The number of benzene rings is 4. The van der Waals surface area contributed by atoms with Gasteiger partial charge in [-0.05, 0) is 79.3 Å². The lowest BCUT2D eigenvalue weighted by molar-refractivity contribution is 0.101. The van der Waals surface area contributed by atoms with Crippen molar-refractivity contribution in [2.45, 2.75) is 6.54 Å². The summed E-state index contributed by atoms with van der Waals surface area (Å²) in [4.78, 5) is 27.9. The normalized spacial score (nSPS) is 10.7. The lowest BCUT2D eigenvalue weighted by Gasteiger charge is -2.15. The number of halogens is 1. The molecule has 2 amide bonds. The summed E-state index contributed by atoms with van der Waals surface area (Å²) in [7, 11) is 3.98. The molecule has 0 aromatic heterocycles. The van der Waals surface area contributed by atoms with E-state index in [2.05, 4.69) is 15.5 Å². The van der Waals surface area contributed by atoms with Gasteiger partial charge in [0.25, 0.3) is 11.8 Å². The predicted molar refractivity (Wildman–Crippen MR) is 138 cm³/mol. The maximum absolute atomic E-state index is 13.3. The molecule has 0 saturated heterocycles. The van der Waals surface area contributed by atoms with E-state index in [1.54, 1.807) is 18.2 Å². The fraction of sp³-hybridized carbons (Fsp3) is 0.103. The molecule has 0 aliphatic rings. The Bertz CT molecular complexity index is 1320. The monoisotopic (exact) mass is 467 g/mol. The van der Waals surface area contributed by atoms with Gasteiger partial charge in [-0.25, -0.2) is 4.39 Å². The van der Waals surface area contributed by atoms with E-state index in [9.17, 15) is 14.0 Å². The van der Waals surface area contributed by atoms with Crippen LogP contribution in [0.25, 0.3) is 11.1 Å². The van der Waals surface area contributed by atoms with Gasteiger partial charge in [0.05, 0.1) is 11.4 Å². The zero-order valence-electron chi connectivity index (χ0n) is 19.6. The van der Waals surface area contributed by atoms with Crippen molar-refractivity contribution < 1.29 is 14.0 Å². The third-order valence-corrected chi connectivity index (χ3v) is 5.44. The van der Waals surface area contributed by atoms with E-state index >= 15 is 0 Å². The summed E-state index contributed by atoms with van der Waals surface area (Å²) >= 11 is 0. The van der Waals surface area contributed by atoms with Crippen molar-refractivity contribution in [2.75, 3.05) is 24.7 Å². The van der Waals surface area contributed by atoms with Crippen LogP contribution in [0.2, 0.25) is 0 Å². The minimum atomic E-state index is -0.418. The van der Waals surface area contributed by atoms with Crippen molar-refractivity contribution in [3.8, 4) is 11.1 Å². The van der Waals surface area contributed by atoms with Crippen LogP contribution in [0.4, 0.5) is 15.8 Å². The topological polar surface area (TPSA) is 61.4 Å². The number of nitrogens with zero attached hydrogens (tertiary/aromatic N) is 1. The Morgan fingerprint density at radius 3 is 1.86 bits per heavy atom. The zero-order chi connectivity index (χ0) is 24.8. The Kier molecular flexibility index (Phi) is 7.33. The molecule has 0 unspecified atom stereocenters. The molecule has 0 saturated carbocycles. The predicted octanol–water partition coefficient (Wildman–Crippen LogP) is 6.06. The van der Waals surface area contributed by atoms with E-state index in [4.69, 9.17) is 0 Å². The first-order valence-electron chi connectivity index (χ1n) is 11.2. The highest BCUT2D eigenvalue weighted by atomic mass is 19.1. The fourth-order valence-electron chi connectivity index (χ4n) is 3.68. The number of carbonyl (C=O) groups is 2. The van der Waals surface area contributed by atoms with Gasteiger partial charge in [-0.2, -0.15) is 0 Å². The highest BCUT2D eigenvalue weighted by molar-refractivity contribution is 6.10. The summed E-state index contributed by atoms with van der Waals surface area (Å²) in [5.41, 5.74) is 4.70. The van der Waals surface area contributed by atoms with Crippen LogP contribution in [-0.2, 0) is 6.54 Å². The van der Waals surface area contributed by atoms with E-state index in [0.29, 0.717) is 22.5 Å². The average Bonchev–Trinajstić information content (AvgIpc) is 2.86. The van der Waals surface area contributed by atoms with Crippen LogP contribution < -0.4 is 10.6 Å². The van der Waals surface area contributed by atoms with Crippen LogP contribution in [0.3, 0.4) is 0 Å². The van der Waals surface area contributed by atoms with E-state index in [-0.39, 0.29) is 5.91 Å². The van der Waals surface area contributed by atoms with E-state index < -0.39 is 11.7 Å². The molecular weight excluding hydrogens is 441 g/mol. The second kappa shape index (κ2) is 10.8. The molecule has 0 radical (unpaired) electrons. The highest BCUT2D eigenvalue weighted by Crippen LogP contribution is 2.30. The Hall–Kier alpha value is -4.29. The molecule has 0 aliphatic heterocycles. The van der Waals surface area contributed by atoms with Crippen molar-refractivity contribution in [3.63, 3.8) is 0 Å². The highest BCUT2D eigenvalue weighted by Gasteiger charge is 2.14. The van der Waals surface area contributed by atoms with Crippen LogP contribution in [-0.4, -0.2) is 30.8 Å². The van der Waals surface area contributed by atoms with Gasteiger partial charge in [-0.15, -0.1) is 0 Å². The first kappa shape index (κ1) is 23.9. The number of hydrogen-bond acceptors (Lipinski definition) is 3. The lowest BCUT2D eigenvalue weighted by atomic mass is 10.0. The largest absolute Gasteiger partial charge is 0.320 e. The van der Waals surface area contributed by atoms with Crippen LogP contribution in [0.1, 0.15) is 26.3 Å². The molecule has 4 rings (SSSR count). The Balaban J connectivity index is 1.62. The molecule has 176 valence electrons. The summed E-state index contributed by atoms with van der Waals surface area (Å²) < 4.78 is 13.3. The number of anilines is 2. The van der Waals surface area contributed by atoms with E-state index in [0.717, 1.165) is 23.2 Å². The van der Waals surface area contributed by atoms with Crippen LogP contribution in [0.15, 0.2) is 97.1 Å². The summed E-state index contributed by atoms with van der Waals surface area (Å²) in [6.07, 6.45) is 0. The minimum Gasteiger partial charge on any atom is -0.320 e. The number of carbonyl (C=O) groups excluding carboxylic acids is 2. The molecule has 0 spiro atoms. The Labute approximate surface area is 204 Å². The third-order valence-electron chi connectivity index (χ3n) is 5.44. The van der Waals surface area contributed by atoms with Crippen molar-refractivity contribution in [3.05, 3.63) is 120 Å². The van der Waals surface area contributed by atoms with Gasteiger partial charge < -0.3 is 15.5 Å². The maximum atomic E-state index is 13.3. The van der Waals surface area contributed by atoms with Crippen molar-refractivity contribution in [1.29, 1.82) is 0 Å². The molecule has 5 nitrogen and oxygen atoms in total. The standard InChI is InChI=1S/C29H26FN3O2/c1-33(2)19-20-8-10-22(11-9-20)29(35)32-27-18-24(21-6-4-3-5-7-21)14-17-26(27)31-28(34)23-12-15-25(30)16-13-23/h3-18H,19H2,1-2H3,(H,31,34)(H,32,35)/i30+0. The molecule has 0 atom stereocenters. The number of rotatable bonds is 7. The van der Waals surface area contributed by atoms with Gasteiger partial charge in [0.15, 0.2) is 0 Å². The van der Waals surface area contributed by atoms with Crippen LogP contribution in [0.5, 0.6) is 0 Å². The molecular formula is C29H26FN3O2. The van der Waals surface area contributed by atoms with Crippen molar-refractivity contribution >= 4 is 23.2 Å². The van der Waals surface area contributed by atoms with Crippen molar-refractivity contribution in [2.24, 2.45) is 0 Å². The Morgan fingerprint density at radius 1 is 0.686 bits per heavy atom. The van der Waals surface area contributed by atoms with Gasteiger partial charge in [0, 0.05) is 17.7 Å². The van der Waals surface area contributed by atoms with Crippen molar-refractivity contribution in [1.82, 2.24) is 4.90 Å². The third kappa shape index (κ3) is 6.19. The molecule has 4 aromatic carbocycles. The number of hydrogen-bond donors (Lipinski definition) is 2. The van der Waals surface area contributed by atoms with Gasteiger partial charge in [-0.1, -0.05) is 48.5 Å². The lowest BCUT2D eigenvalue weighted by Crippen LogP contribution is -2.17. The van der Waals surface area contributed by atoms with Crippen LogP contribution >= 0.6 is 0 Å². The molecule has 4 aromatic rings. The van der Waals surface area contributed by atoms with E-state index in [1.165, 1.54) is 24.3 Å². The molecule has 2 N–H and O–H groups in total. The average molecular weight is 468 g/mol. The minimum absolute atomic E-state index is 0.288. The maximum Gasteiger partial charge on any atom is 0.255 e. The molecule has 0 heterocycles.